The van der Waals surface area contributed by atoms with Crippen LogP contribution in [0.1, 0.15) is 17.3 Å². The number of hydrogen-bond acceptors (Lipinski definition) is 6. The standard InChI is InChI=1S/C20H23Cl2N3O3/c1-2-27-20(26)15-3-6-19(23-14-15)25-9-7-24(8-10-25)11-12-28-18-13-16(21)4-5-17(18)22/h3-6,13-14H,2,7-12H2,1H3. The van der Waals surface area contributed by atoms with Gasteiger partial charge in [0, 0.05) is 50.0 Å². The lowest BCUT2D eigenvalue weighted by atomic mass is 10.2. The van der Waals surface area contributed by atoms with E-state index in [2.05, 4.69) is 14.8 Å². The van der Waals surface area contributed by atoms with Crippen LogP contribution in [0.15, 0.2) is 36.5 Å². The summed E-state index contributed by atoms with van der Waals surface area (Å²) in [6.07, 6.45) is 1.57. The Bertz CT molecular complexity index is 794. The van der Waals surface area contributed by atoms with Crippen LogP contribution in [0.25, 0.3) is 0 Å². The molecule has 0 unspecified atom stereocenters. The van der Waals surface area contributed by atoms with Gasteiger partial charge in [0.15, 0.2) is 0 Å². The quantitative estimate of drug-likeness (QED) is 0.631. The van der Waals surface area contributed by atoms with Crippen LogP contribution in [-0.4, -0.2) is 61.8 Å². The van der Waals surface area contributed by atoms with Gasteiger partial charge >= 0.3 is 5.97 Å². The number of anilines is 1. The minimum Gasteiger partial charge on any atom is -0.491 e. The minimum absolute atomic E-state index is 0.342. The second-order valence-corrected chi connectivity index (χ2v) is 7.22. The third-order valence-corrected chi connectivity index (χ3v) is 5.06. The number of piperazine rings is 1. The maximum Gasteiger partial charge on any atom is 0.339 e. The summed E-state index contributed by atoms with van der Waals surface area (Å²) in [5.74, 6) is 1.14. The van der Waals surface area contributed by atoms with E-state index in [4.69, 9.17) is 32.7 Å². The molecule has 28 heavy (non-hydrogen) atoms. The molecule has 2 aromatic rings. The van der Waals surface area contributed by atoms with Crippen molar-refractivity contribution in [2.24, 2.45) is 0 Å². The summed E-state index contributed by atoms with van der Waals surface area (Å²) >= 11 is 12.1. The largest absolute Gasteiger partial charge is 0.491 e. The SMILES string of the molecule is CCOC(=O)c1ccc(N2CCN(CCOc3cc(Cl)ccc3Cl)CC2)nc1. The first-order valence-corrected chi connectivity index (χ1v) is 10.0. The maximum atomic E-state index is 11.7. The molecular formula is C20H23Cl2N3O3. The highest BCUT2D eigenvalue weighted by Crippen LogP contribution is 2.27. The van der Waals surface area contributed by atoms with Crippen LogP contribution in [0.4, 0.5) is 5.82 Å². The molecule has 3 rings (SSSR count). The molecule has 0 saturated carbocycles. The molecule has 1 aromatic carbocycles. The number of pyridine rings is 1. The van der Waals surface area contributed by atoms with Gasteiger partial charge in [0.1, 0.15) is 18.2 Å². The molecule has 8 heteroatoms. The Morgan fingerprint density at radius 3 is 2.61 bits per heavy atom. The third kappa shape index (κ3) is 5.50. The summed E-state index contributed by atoms with van der Waals surface area (Å²) in [6, 6.07) is 8.83. The van der Waals surface area contributed by atoms with Crippen molar-refractivity contribution >= 4 is 35.0 Å². The van der Waals surface area contributed by atoms with Crippen LogP contribution in [-0.2, 0) is 4.74 Å². The molecule has 1 aliphatic heterocycles. The number of esters is 1. The van der Waals surface area contributed by atoms with E-state index in [0.29, 0.717) is 34.6 Å². The fourth-order valence-corrected chi connectivity index (χ4v) is 3.32. The van der Waals surface area contributed by atoms with E-state index in [1.807, 2.05) is 6.07 Å². The Balaban J connectivity index is 1.44. The van der Waals surface area contributed by atoms with Gasteiger partial charge in [-0.15, -0.1) is 0 Å². The maximum absolute atomic E-state index is 11.7. The molecule has 0 amide bonds. The molecule has 1 aliphatic rings. The Morgan fingerprint density at radius 1 is 1.14 bits per heavy atom. The van der Waals surface area contributed by atoms with Gasteiger partial charge in [-0.1, -0.05) is 23.2 Å². The van der Waals surface area contributed by atoms with Crippen molar-refractivity contribution in [3.05, 3.63) is 52.1 Å². The Morgan fingerprint density at radius 2 is 1.93 bits per heavy atom. The van der Waals surface area contributed by atoms with Gasteiger partial charge in [0.05, 0.1) is 17.2 Å². The molecule has 150 valence electrons. The normalized spacial score (nSPS) is 14.8. The number of rotatable bonds is 7. The zero-order valence-electron chi connectivity index (χ0n) is 15.7. The highest BCUT2D eigenvalue weighted by atomic mass is 35.5. The van der Waals surface area contributed by atoms with Gasteiger partial charge in [-0.05, 0) is 31.2 Å². The molecule has 1 fully saturated rings. The fourth-order valence-electron chi connectivity index (χ4n) is 2.98. The van der Waals surface area contributed by atoms with Crippen molar-refractivity contribution in [2.75, 3.05) is 50.8 Å². The van der Waals surface area contributed by atoms with Crippen molar-refractivity contribution < 1.29 is 14.3 Å². The first-order chi connectivity index (χ1) is 13.6. The molecule has 0 spiro atoms. The number of carbonyl (C=O) groups excluding carboxylic acids is 1. The molecule has 0 aliphatic carbocycles. The Hall–Kier alpha value is -2.02. The first-order valence-electron chi connectivity index (χ1n) is 9.25. The van der Waals surface area contributed by atoms with E-state index in [9.17, 15) is 4.79 Å². The molecule has 0 bridgehead atoms. The fraction of sp³-hybridized carbons (Fsp3) is 0.400. The van der Waals surface area contributed by atoms with Crippen LogP contribution < -0.4 is 9.64 Å². The summed E-state index contributed by atoms with van der Waals surface area (Å²) in [6.45, 7) is 7.05. The number of ether oxygens (including phenoxy) is 2. The number of nitrogens with zero attached hydrogens (tertiary/aromatic N) is 3. The zero-order valence-corrected chi connectivity index (χ0v) is 17.2. The van der Waals surface area contributed by atoms with Crippen LogP contribution >= 0.6 is 23.2 Å². The van der Waals surface area contributed by atoms with Gasteiger partial charge in [-0.3, -0.25) is 4.90 Å². The smallest absolute Gasteiger partial charge is 0.339 e. The second-order valence-electron chi connectivity index (χ2n) is 6.38. The van der Waals surface area contributed by atoms with Crippen molar-refractivity contribution in [1.29, 1.82) is 0 Å². The lowest BCUT2D eigenvalue weighted by molar-refractivity contribution is 0.0526. The van der Waals surface area contributed by atoms with Crippen molar-refractivity contribution in [3.8, 4) is 5.75 Å². The molecular weight excluding hydrogens is 401 g/mol. The number of aromatic nitrogens is 1. The van der Waals surface area contributed by atoms with Gasteiger partial charge in [-0.2, -0.15) is 0 Å². The van der Waals surface area contributed by atoms with Gasteiger partial charge in [0.2, 0.25) is 0 Å². The van der Waals surface area contributed by atoms with Crippen LogP contribution in [0.5, 0.6) is 5.75 Å². The molecule has 2 heterocycles. The predicted molar refractivity (Wildman–Crippen MR) is 111 cm³/mol. The predicted octanol–water partition coefficient (Wildman–Crippen LogP) is 3.77. The van der Waals surface area contributed by atoms with Crippen molar-refractivity contribution in [2.45, 2.75) is 6.92 Å². The molecule has 1 saturated heterocycles. The van der Waals surface area contributed by atoms with E-state index >= 15 is 0 Å². The summed E-state index contributed by atoms with van der Waals surface area (Å²) in [5, 5.41) is 1.17. The van der Waals surface area contributed by atoms with E-state index in [0.717, 1.165) is 38.5 Å². The zero-order chi connectivity index (χ0) is 19.9. The number of carbonyl (C=O) groups is 1. The van der Waals surface area contributed by atoms with E-state index in [1.165, 1.54) is 0 Å². The number of hydrogen-bond donors (Lipinski definition) is 0. The highest BCUT2D eigenvalue weighted by Gasteiger charge is 2.18. The number of benzene rings is 1. The van der Waals surface area contributed by atoms with Gasteiger partial charge in [0.25, 0.3) is 0 Å². The van der Waals surface area contributed by atoms with E-state index in [-0.39, 0.29) is 5.97 Å². The molecule has 0 N–H and O–H groups in total. The Labute approximate surface area is 175 Å². The lowest BCUT2D eigenvalue weighted by Crippen LogP contribution is -2.47. The molecule has 6 nitrogen and oxygen atoms in total. The van der Waals surface area contributed by atoms with Gasteiger partial charge in [-0.25, -0.2) is 9.78 Å². The monoisotopic (exact) mass is 423 g/mol. The minimum atomic E-state index is -0.342. The summed E-state index contributed by atoms with van der Waals surface area (Å²) in [4.78, 5) is 20.7. The molecule has 0 radical (unpaired) electrons. The number of halogens is 2. The average Bonchev–Trinajstić information content (AvgIpc) is 2.71. The average molecular weight is 424 g/mol. The Kier molecular flexibility index (Phi) is 7.36. The second kappa shape index (κ2) is 9.96. The molecule has 1 aromatic heterocycles. The van der Waals surface area contributed by atoms with Gasteiger partial charge < -0.3 is 14.4 Å². The van der Waals surface area contributed by atoms with E-state index < -0.39 is 0 Å². The van der Waals surface area contributed by atoms with E-state index in [1.54, 1.807) is 37.4 Å². The van der Waals surface area contributed by atoms with Crippen LogP contribution in [0.2, 0.25) is 10.0 Å². The lowest BCUT2D eigenvalue weighted by Gasteiger charge is -2.35. The van der Waals surface area contributed by atoms with Crippen molar-refractivity contribution in [1.82, 2.24) is 9.88 Å². The van der Waals surface area contributed by atoms with Crippen LogP contribution in [0, 0.1) is 0 Å². The topological polar surface area (TPSA) is 54.9 Å². The summed E-state index contributed by atoms with van der Waals surface area (Å²) in [5.41, 5.74) is 0.473. The summed E-state index contributed by atoms with van der Waals surface area (Å²) < 4.78 is 10.7. The highest BCUT2D eigenvalue weighted by molar-refractivity contribution is 6.34. The first kappa shape index (κ1) is 20.7. The molecule has 0 atom stereocenters. The summed E-state index contributed by atoms with van der Waals surface area (Å²) in [7, 11) is 0. The third-order valence-electron chi connectivity index (χ3n) is 4.51. The van der Waals surface area contributed by atoms with Crippen LogP contribution in [0.3, 0.4) is 0 Å². The van der Waals surface area contributed by atoms with Crippen molar-refractivity contribution in [3.63, 3.8) is 0 Å².